The SMILES string of the molecule is CCCOc1ccc(/C=C2/SC(=Nc3ccc(C)cc3)N(C3CCCCC3)C2=O)cc1. The minimum atomic E-state index is 0.0778. The summed E-state index contributed by atoms with van der Waals surface area (Å²) in [4.78, 5) is 21.0. The molecule has 0 aromatic heterocycles. The summed E-state index contributed by atoms with van der Waals surface area (Å²) in [5.74, 6) is 0.939. The number of carbonyl (C=O) groups is 1. The molecule has 0 radical (unpaired) electrons. The van der Waals surface area contributed by atoms with Gasteiger partial charge in [-0.2, -0.15) is 0 Å². The molecule has 162 valence electrons. The number of rotatable bonds is 6. The van der Waals surface area contributed by atoms with Gasteiger partial charge in [0.05, 0.1) is 17.2 Å². The van der Waals surface area contributed by atoms with Crippen LogP contribution >= 0.6 is 11.8 Å². The second-order valence-corrected chi connectivity index (χ2v) is 9.23. The molecule has 0 spiro atoms. The quantitative estimate of drug-likeness (QED) is 0.474. The lowest BCUT2D eigenvalue weighted by Crippen LogP contribution is -2.40. The molecule has 4 nitrogen and oxygen atoms in total. The Morgan fingerprint density at radius 1 is 1.06 bits per heavy atom. The molecule has 4 rings (SSSR count). The Morgan fingerprint density at radius 2 is 1.77 bits per heavy atom. The average Bonchev–Trinajstić information content (AvgIpc) is 3.10. The topological polar surface area (TPSA) is 41.9 Å². The van der Waals surface area contributed by atoms with Gasteiger partial charge < -0.3 is 4.74 Å². The third-order valence-corrected chi connectivity index (χ3v) is 6.67. The van der Waals surface area contributed by atoms with Crippen molar-refractivity contribution in [3.63, 3.8) is 0 Å². The van der Waals surface area contributed by atoms with Gasteiger partial charge in [0, 0.05) is 6.04 Å². The van der Waals surface area contributed by atoms with Gasteiger partial charge in [0.25, 0.3) is 5.91 Å². The van der Waals surface area contributed by atoms with E-state index < -0.39 is 0 Å². The standard InChI is InChI=1S/C26H30N2O2S/c1-3-17-30-23-15-11-20(12-16-23)18-24-25(29)28(22-7-5-4-6-8-22)26(31-24)27-21-13-9-19(2)10-14-21/h9-16,18,22H,3-8,17H2,1-2H3/b24-18+,27-26?. The number of aliphatic imine (C=N–C) groups is 1. The fraction of sp³-hybridized carbons (Fsp3) is 0.385. The van der Waals surface area contributed by atoms with Crippen molar-refractivity contribution in [1.82, 2.24) is 4.90 Å². The molecule has 0 atom stereocenters. The highest BCUT2D eigenvalue weighted by molar-refractivity contribution is 8.18. The van der Waals surface area contributed by atoms with E-state index in [1.54, 1.807) is 0 Å². The number of amides is 1. The normalized spacial score (nSPS) is 20.1. The smallest absolute Gasteiger partial charge is 0.267 e. The van der Waals surface area contributed by atoms with E-state index in [9.17, 15) is 4.79 Å². The van der Waals surface area contributed by atoms with Crippen LogP contribution in [0.4, 0.5) is 5.69 Å². The van der Waals surface area contributed by atoms with E-state index in [1.165, 1.54) is 36.6 Å². The number of carbonyl (C=O) groups excluding carboxylic acids is 1. The fourth-order valence-electron chi connectivity index (χ4n) is 3.99. The Hall–Kier alpha value is -2.53. The Balaban J connectivity index is 1.61. The molecule has 1 heterocycles. The summed E-state index contributed by atoms with van der Waals surface area (Å²) in [5, 5.41) is 0.801. The van der Waals surface area contributed by atoms with Gasteiger partial charge in [0.15, 0.2) is 5.17 Å². The molecule has 2 aromatic rings. The van der Waals surface area contributed by atoms with Gasteiger partial charge in [-0.1, -0.05) is 56.0 Å². The van der Waals surface area contributed by atoms with Crippen molar-refractivity contribution in [2.75, 3.05) is 6.61 Å². The van der Waals surface area contributed by atoms with E-state index in [4.69, 9.17) is 9.73 Å². The van der Waals surface area contributed by atoms with E-state index in [0.717, 1.165) is 46.3 Å². The summed E-state index contributed by atoms with van der Waals surface area (Å²) in [6.45, 7) is 4.87. The van der Waals surface area contributed by atoms with Crippen LogP contribution in [0.15, 0.2) is 58.4 Å². The molecule has 0 bridgehead atoms. The van der Waals surface area contributed by atoms with Crippen LogP contribution in [0.1, 0.15) is 56.6 Å². The van der Waals surface area contributed by atoms with Gasteiger partial charge in [-0.3, -0.25) is 9.69 Å². The zero-order chi connectivity index (χ0) is 21.6. The molecular weight excluding hydrogens is 404 g/mol. The first-order chi connectivity index (χ1) is 15.1. The molecule has 31 heavy (non-hydrogen) atoms. The van der Waals surface area contributed by atoms with Crippen LogP contribution in [-0.4, -0.2) is 28.6 Å². The van der Waals surface area contributed by atoms with Gasteiger partial charge in [-0.05, 0) is 73.9 Å². The van der Waals surface area contributed by atoms with E-state index in [1.807, 2.05) is 47.4 Å². The molecule has 5 heteroatoms. The minimum absolute atomic E-state index is 0.0778. The molecule has 2 fully saturated rings. The van der Waals surface area contributed by atoms with Gasteiger partial charge in [0.2, 0.25) is 0 Å². The van der Waals surface area contributed by atoms with Gasteiger partial charge >= 0.3 is 0 Å². The number of aryl methyl sites for hydroxylation is 1. The molecule has 1 aliphatic carbocycles. The van der Waals surface area contributed by atoms with Crippen LogP contribution in [0, 0.1) is 6.92 Å². The average molecular weight is 435 g/mol. The van der Waals surface area contributed by atoms with Crippen molar-refractivity contribution < 1.29 is 9.53 Å². The first-order valence-corrected chi connectivity index (χ1v) is 12.1. The van der Waals surface area contributed by atoms with Crippen LogP contribution in [0.25, 0.3) is 6.08 Å². The van der Waals surface area contributed by atoms with Crippen molar-refractivity contribution in [1.29, 1.82) is 0 Å². The summed E-state index contributed by atoms with van der Waals surface area (Å²) in [6.07, 6.45) is 8.67. The molecular formula is C26H30N2O2S. The second kappa shape index (κ2) is 10.2. The van der Waals surface area contributed by atoms with Crippen LogP contribution in [0.2, 0.25) is 0 Å². The number of amidine groups is 1. The molecule has 1 saturated heterocycles. The lowest BCUT2D eigenvalue weighted by molar-refractivity contribution is -0.124. The zero-order valence-corrected chi connectivity index (χ0v) is 19.2. The lowest BCUT2D eigenvalue weighted by Gasteiger charge is -2.30. The van der Waals surface area contributed by atoms with Gasteiger partial charge in [-0.25, -0.2) is 4.99 Å². The van der Waals surface area contributed by atoms with Gasteiger partial charge in [0.1, 0.15) is 5.75 Å². The first-order valence-electron chi connectivity index (χ1n) is 11.3. The summed E-state index contributed by atoms with van der Waals surface area (Å²) in [7, 11) is 0. The maximum absolute atomic E-state index is 13.4. The molecule has 2 aliphatic rings. The number of hydrogen-bond acceptors (Lipinski definition) is 4. The largest absolute Gasteiger partial charge is 0.494 e. The van der Waals surface area contributed by atoms with Crippen molar-refractivity contribution in [2.24, 2.45) is 4.99 Å². The fourth-order valence-corrected chi connectivity index (χ4v) is 5.05. The predicted octanol–water partition coefficient (Wildman–Crippen LogP) is 6.72. The van der Waals surface area contributed by atoms with E-state index in [-0.39, 0.29) is 11.9 Å². The zero-order valence-electron chi connectivity index (χ0n) is 18.3. The number of ether oxygens (including phenoxy) is 1. The third kappa shape index (κ3) is 5.40. The van der Waals surface area contributed by atoms with E-state index in [0.29, 0.717) is 6.61 Å². The van der Waals surface area contributed by atoms with Crippen molar-refractivity contribution in [3.8, 4) is 5.75 Å². The van der Waals surface area contributed by atoms with Crippen molar-refractivity contribution in [2.45, 2.75) is 58.4 Å². The Morgan fingerprint density at radius 3 is 2.45 bits per heavy atom. The summed E-state index contributed by atoms with van der Waals surface area (Å²) in [5.41, 5.74) is 3.09. The molecule has 0 unspecified atom stereocenters. The molecule has 2 aromatic carbocycles. The number of hydrogen-bond donors (Lipinski definition) is 0. The van der Waals surface area contributed by atoms with E-state index in [2.05, 4.69) is 26.0 Å². The first kappa shape index (κ1) is 21.7. The number of thioether (sulfide) groups is 1. The highest BCUT2D eigenvalue weighted by Crippen LogP contribution is 2.38. The van der Waals surface area contributed by atoms with Crippen molar-refractivity contribution in [3.05, 3.63) is 64.6 Å². The van der Waals surface area contributed by atoms with Gasteiger partial charge in [-0.15, -0.1) is 0 Å². The van der Waals surface area contributed by atoms with Crippen LogP contribution in [-0.2, 0) is 4.79 Å². The number of nitrogens with zero attached hydrogens (tertiary/aromatic N) is 2. The maximum Gasteiger partial charge on any atom is 0.267 e. The Labute approximate surface area is 189 Å². The Bertz CT molecular complexity index is 958. The predicted molar refractivity (Wildman–Crippen MR) is 130 cm³/mol. The number of benzene rings is 2. The summed E-state index contributed by atoms with van der Waals surface area (Å²) < 4.78 is 5.67. The van der Waals surface area contributed by atoms with Crippen LogP contribution in [0.3, 0.4) is 0 Å². The molecule has 0 N–H and O–H groups in total. The third-order valence-electron chi connectivity index (χ3n) is 5.69. The maximum atomic E-state index is 13.4. The highest BCUT2D eigenvalue weighted by atomic mass is 32.2. The summed E-state index contributed by atoms with van der Waals surface area (Å²) in [6, 6.07) is 16.3. The van der Waals surface area contributed by atoms with E-state index >= 15 is 0 Å². The monoisotopic (exact) mass is 434 g/mol. The minimum Gasteiger partial charge on any atom is -0.494 e. The lowest BCUT2D eigenvalue weighted by atomic mass is 9.94. The highest BCUT2D eigenvalue weighted by Gasteiger charge is 2.38. The van der Waals surface area contributed by atoms with Crippen molar-refractivity contribution >= 4 is 34.6 Å². The van der Waals surface area contributed by atoms with Crippen LogP contribution < -0.4 is 4.74 Å². The van der Waals surface area contributed by atoms with Crippen LogP contribution in [0.5, 0.6) is 5.75 Å². The second-order valence-electron chi connectivity index (χ2n) is 8.23. The molecule has 1 aliphatic heterocycles. The summed E-state index contributed by atoms with van der Waals surface area (Å²) >= 11 is 1.49. The molecule has 1 saturated carbocycles. The molecule has 1 amide bonds. The Kier molecular flexibility index (Phi) is 7.13.